The highest BCUT2D eigenvalue weighted by molar-refractivity contribution is 5.97. The van der Waals surface area contributed by atoms with E-state index in [0.29, 0.717) is 6.07 Å². The second-order valence-electron chi connectivity index (χ2n) is 4.63. The minimum absolute atomic E-state index is 0.0751. The van der Waals surface area contributed by atoms with Crippen LogP contribution in [-0.2, 0) is 0 Å². The Kier molecular flexibility index (Phi) is 4.88. The van der Waals surface area contributed by atoms with Gasteiger partial charge in [-0.1, -0.05) is 12.1 Å². The maximum absolute atomic E-state index is 11.8. The summed E-state index contributed by atoms with van der Waals surface area (Å²) in [7, 11) is 0. The molecule has 2 rings (SSSR count). The number of para-hydroxylation sites is 1. The molecule has 11 nitrogen and oxygen atoms in total. The van der Waals surface area contributed by atoms with E-state index in [1.54, 1.807) is 0 Å². The van der Waals surface area contributed by atoms with Crippen LogP contribution in [0.2, 0.25) is 0 Å². The van der Waals surface area contributed by atoms with Crippen LogP contribution in [0.15, 0.2) is 41.5 Å². The molecule has 0 radical (unpaired) electrons. The molecule has 0 saturated heterocycles. The van der Waals surface area contributed by atoms with Crippen LogP contribution in [0.25, 0.3) is 0 Å². The van der Waals surface area contributed by atoms with Gasteiger partial charge in [0.25, 0.3) is 11.6 Å². The van der Waals surface area contributed by atoms with Crippen LogP contribution < -0.4 is 5.43 Å². The Bertz CT molecular complexity index is 895. The number of phenols is 2. The number of hydrogen-bond acceptors (Lipinski definition) is 8. The lowest BCUT2D eigenvalue weighted by molar-refractivity contribution is -0.394. The van der Waals surface area contributed by atoms with Crippen molar-refractivity contribution in [3.05, 3.63) is 67.8 Å². The number of hydrazone groups is 1. The first kappa shape index (κ1) is 17.3. The maximum atomic E-state index is 11.8. The van der Waals surface area contributed by atoms with E-state index >= 15 is 0 Å². The van der Waals surface area contributed by atoms with Crippen molar-refractivity contribution < 1.29 is 24.9 Å². The number of hydrogen-bond donors (Lipinski definition) is 3. The minimum atomic E-state index is -0.986. The minimum Gasteiger partial charge on any atom is -0.507 e. The van der Waals surface area contributed by atoms with Crippen LogP contribution in [0, 0.1) is 20.2 Å². The molecule has 11 heteroatoms. The molecule has 0 bridgehead atoms. The molecule has 2 aromatic carbocycles. The first-order valence-electron chi connectivity index (χ1n) is 6.58. The summed E-state index contributed by atoms with van der Waals surface area (Å²) in [4.78, 5) is 31.6. The van der Waals surface area contributed by atoms with Crippen LogP contribution in [0.1, 0.15) is 15.9 Å². The second kappa shape index (κ2) is 7.04. The Balaban J connectivity index is 2.29. The summed E-state index contributed by atoms with van der Waals surface area (Å²) in [6.07, 6.45) is 0.813. The third kappa shape index (κ3) is 3.85. The Morgan fingerprint density at radius 1 is 1.12 bits per heavy atom. The lowest BCUT2D eigenvalue weighted by Crippen LogP contribution is -2.17. The molecule has 0 fully saturated rings. The number of nitrogens with zero attached hydrogens (tertiary/aromatic N) is 3. The number of phenolic OH excluding ortho intramolecular Hbond substituents is 2. The van der Waals surface area contributed by atoms with Crippen LogP contribution in [0.3, 0.4) is 0 Å². The summed E-state index contributed by atoms with van der Waals surface area (Å²) in [5.74, 6) is -1.91. The molecular formula is C14H10N4O7. The largest absolute Gasteiger partial charge is 0.507 e. The molecule has 0 unspecified atom stereocenters. The van der Waals surface area contributed by atoms with Gasteiger partial charge in [-0.3, -0.25) is 25.0 Å². The van der Waals surface area contributed by atoms with Gasteiger partial charge in [-0.15, -0.1) is 0 Å². The number of benzene rings is 2. The molecule has 0 aliphatic heterocycles. The van der Waals surface area contributed by atoms with E-state index in [2.05, 4.69) is 5.10 Å². The van der Waals surface area contributed by atoms with Gasteiger partial charge in [-0.05, 0) is 12.1 Å². The predicted molar refractivity (Wildman–Crippen MR) is 84.6 cm³/mol. The SMILES string of the molecule is O=C(NN=Cc1cc([N+](=O)[O-])cc([N+](=O)[O-])c1O)c1ccccc1O. The van der Waals surface area contributed by atoms with E-state index < -0.39 is 32.9 Å². The first-order valence-corrected chi connectivity index (χ1v) is 6.58. The molecule has 25 heavy (non-hydrogen) atoms. The van der Waals surface area contributed by atoms with E-state index in [-0.39, 0.29) is 16.9 Å². The normalized spacial score (nSPS) is 10.6. The Morgan fingerprint density at radius 2 is 1.80 bits per heavy atom. The molecule has 0 atom stereocenters. The van der Waals surface area contributed by atoms with Gasteiger partial charge >= 0.3 is 5.69 Å². The highest BCUT2D eigenvalue weighted by atomic mass is 16.6. The van der Waals surface area contributed by atoms with Crippen LogP contribution in [0.4, 0.5) is 11.4 Å². The fraction of sp³-hybridized carbons (Fsp3) is 0. The summed E-state index contributed by atoms with van der Waals surface area (Å²) >= 11 is 0. The van der Waals surface area contributed by atoms with Gasteiger partial charge in [0.15, 0.2) is 0 Å². The second-order valence-corrected chi connectivity index (χ2v) is 4.63. The van der Waals surface area contributed by atoms with Gasteiger partial charge in [0.1, 0.15) is 5.75 Å². The fourth-order valence-corrected chi connectivity index (χ4v) is 1.85. The fourth-order valence-electron chi connectivity index (χ4n) is 1.85. The molecular weight excluding hydrogens is 336 g/mol. The molecule has 2 aromatic rings. The average Bonchev–Trinajstić information content (AvgIpc) is 2.56. The topological polar surface area (TPSA) is 168 Å². The van der Waals surface area contributed by atoms with Crippen molar-refractivity contribution in [1.82, 2.24) is 5.43 Å². The quantitative estimate of drug-likeness (QED) is 0.420. The number of non-ortho nitro benzene ring substituents is 1. The van der Waals surface area contributed by atoms with Crippen LogP contribution in [0.5, 0.6) is 11.5 Å². The molecule has 0 aliphatic rings. The zero-order valence-electron chi connectivity index (χ0n) is 12.3. The number of amides is 1. The number of carbonyl (C=O) groups is 1. The highest BCUT2D eigenvalue weighted by Gasteiger charge is 2.23. The van der Waals surface area contributed by atoms with Crippen molar-refractivity contribution in [3.8, 4) is 11.5 Å². The van der Waals surface area contributed by atoms with Crippen molar-refractivity contribution in [1.29, 1.82) is 0 Å². The van der Waals surface area contributed by atoms with E-state index in [1.807, 2.05) is 5.43 Å². The lowest BCUT2D eigenvalue weighted by Gasteiger charge is -2.03. The van der Waals surface area contributed by atoms with E-state index in [4.69, 9.17) is 0 Å². The molecule has 0 heterocycles. The standard InChI is InChI=1S/C14H10N4O7/c19-12-4-2-1-3-10(12)14(21)16-15-7-8-5-9(17(22)23)6-11(13(8)20)18(24)25/h1-7,19-20H,(H,16,21). The van der Waals surface area contributed by atoms with Gasteiger partial charge in [-0.2, -0.15) is 5.10 Å². The van der Waals surface area contributed by atoms with Crippen molar-refractivity contribution in [2.75, 3.05) is 0 Å². The number of aromatic hydroxyl groups is 2. The van der Waals surface area contributed by atoms with Crippen molar-refractivity contribution in [2.24, 2.45) is 5.10 Å². The van der Waals surface area contributed by atoms with Crippen LogP contribution in [-0.4, -0.2) is 32.2 Å². The summed E-state index contributed by atoms with van der Waals surface area (Å²) in [6, 6.07) is 7.10. The molecule has 0 aromatic heterocycles. The smallest absolute Gasteiger partial charge is 0.318 e. The molecule has 0 aliphatic carbocycles. The van der Waals surface area contributed by atoms with Crippen molar-refractivity contribution in [2.45, 2.75) is 0 Å². The van der Waals surface area contributed by atoms with Gasteiger partial charge in [0.05, 0.1) is 33.3 Å². The van der Waals surface area contributed by atoms with E-state index in [0.717, 1.165) is 12.3 Å². The van der Waals surface area contributed by atoms with Gasteiger partial charge in [0.2, 0.25) is 5.75 Å². The van der Waals surface area contributed by atoms with Gasteiger partial charge < -0.3 is 10.2 Å². The number of rotatable bonds is 5. The predicted octanol–water partition coefficient (Wildman–Crippen LogP) is 1.68. The first-order chi connectivity index (χ1) is 11.8. The Labute approximate surface area is 139 Å². The molecule has 3 N–H and O–H groups in total. The summed E-state index contributed by atoms with van der Waals surface area (Å²) in [5, 5.41) is 44.4. The monoisotopic (exact) mass is 346 g/mol. The summed E-state index contributed by atoms with van der Waals surface area (Å²) in [6.45, 7) is 0. The van der Waals surface area contributed by atoms with E-state index in [1.165, 1.54) is 24.3 Å². The maximum Gasteiger partial charge on any atom is 0.318 e. The van der Waals surface area contributed by atoms with Gasteiger partial charge in [-0.25, -0.2) is 5.43 Å². The Morgan fingerprint density at radius 3 is 2.40 bits per heavy atom. The number of carbonyl (C=O) groups excluding carboxylic acids is 1. The Hall–Kier alpha value is -4.02. The lowest BCUT2D eigenvalue weighted by atomic mass is 10.1. The third-order valence-electron chi connectivity index (χ3n) is 3.03. The summed E-state index contributed by atoms with van der Waals surface area (Å²) in [5.41, 5.74) is 0.123. The van der Waals surface area contributed by atoms with Crippen molar-refractivity contribution in [3.63, 3.8) is 0 Å². The molecule has 128 valence electrons. The zero-order valence-corrected chi connectivity index (χ0v) is 12.3. The summed E-state index contributed by atoms with van der Waals surface area (Å²) < 4.78 is 0. The van der Waals surface area contributed by atoms with Crippen molar-refractivity contribution >= 4 is 23.5 Å². The average molecular weight is 346 g/mol. The molecule has 0 saturated carbocycles. The number of nitro benzene ring substituents is 2. The zero-order chi connectivity index (χ0) is 18.6. The highest BCUT2D eigenvalue weighted by Crippen LogP contribution is 2.33. The van der Waals surface area contributed by atoms with Crippen LogP contribution >= 0.6 is 0 Å². The number of nitro groups is 2. The van der Waals surface area contributed by atoms with Gasteiger partial charge in [0, 0.05) is 6.07 Å². The van der Waals surface area contributed by atoms with E-state index in [9.17, 15) is 35.2 Å². The molecule has 0 spiro atoms. The third-order valence-corrected chi connectivity index (χ3v) is 3.03. The molecule has 1 amide bonds. The number of nitrogens with one attached hydrogen (secondary N) is 1.